The van der Waals surface area contributed by atoms with Crippen molar-refractivity contribution in [2.75, 3.05) is 32.6 Å². The molecule has 5 nitrogen and oxygen atoms in total. The van der Waals surface area contributed by atoms with Gasteiger partial charge in [0.05, 0.1) is 16.9 Å². The van der Waals surface area contributed by atoms with Gasteiger partial charge in [-0.2, -0.15) is 0 Å². The maximum absolute atomic E-state index is 13.5. The van der Waals surface area contributed by atoms with Gasteiger partial charge in [-0.3, -0.25) is 14.5 Å². The first-order valence-corrected chi connectivity index (χ1v) is 9.19. The molecule has 0 aromatic heterocycles. The number of nitrogens with zero attached hydrogens (tertiary/aromatic N) is 3. The number of allylic oxidation sites excluding steroid dienone is 1. The number of amides is 2. The van der Waals surface area contributed by atoms with Crippen LogP contribution in [0.4, 0.5) is 11.4 Å². The number of fused-ring (bicyclic) bond motifs is 1. The van der Waals surface area contributed by atoms with Crippen LogP contribution in [0.3, 0.4) is 0 Å². The van der Waals surface area contributed by atoms with E-state index in [0.29, 0.717) is 5.56 Å². The summed E-state index contributed by atoms with van der Waals surface area (Å²) >= 11 is 0. The van der Waals surface area contributed by atoms with Crippen LogP contribution in [0.2, 0.25) is 0 Å². The molecule has 4 rings (SSSR count). The quantitative estimate of drug-likeness (QED) is 0.769. The average molecular weight is 361 g/mol. The Kier molecular flexibility index (Phi) is 4.22. The summed E-state index contributed by atoms with van der Waals surface area (Å²) in [5, 5.41) is 0. The standard InChI is InChI=1S/C22H23N3O2/c1-23(2)21(26)15-8-6-9-16(14-15)25-18-11-5-4-10-17(18)20(22(25)27)19-12-7-13-24(19)3/h4-6,8-11,14H,7,12-13H2,1-3H3/b20-19-. The average Bonchev–Trinajstić information content (AvgIpc) is 3.20. The minimum absolute atomic E-state index is 0.0191. The van der Waals surface area contributed by atoms with Crippen molar-refractivity contribution >= 4 is 28.8 Å². The highest BCUT2D eigenvalue weighted by Gasteiger charge is 2.37. The predicted octanol–water partition coefficient (Wildman–Crippen LogP) is 3.50. The van der Waals surface area contributed by atoms with Gasteiger partial charge in [0.15, 0.2) is 0 Å². The number of carbonyl (C=O) groups excluding carboxylic acids is 2. The van der Waals surface area contributed by atoms with E-state index in [9.17, 15) is 9.59 Å². The summed E-state index contributed by atoms with van der Waals surface area (Å²) in [4.78, 5) is 31.3. The molecule has 138 valence electrons. The third-order valence-corrected chi connectivity index (χ3v) is 5.25. The molecule has 0 saturated carbocycles. The number of hydrogen-bond acceptors (Lipinski definition) is 3. The van der Waals surface area contributed by atoms with Crippen LogP contribution >= 0.6 is 0 Å². The molecule has 2 aliphatic rings. The van der Waals surface area contributed by atoms with Crippen LogP contribution < -0.4 is 4.90 Å². The van der Waals surface area contributed by atoms with Gasteiger partial charge in [0.25, 0.3) is 11.8 Å². The fourth-order valence-electron chi connectivity index (χ4n) is 3.91. The Morgan fingerprint density at radius 2 is 1.85 bits per heavy atom. The Balaban J connectivity index is 1.85. The van der Waals surface area contributed by atoms with E-state index in [-0.39, 0.29) is 11.8 Å². The zero-order chi connectivity index (χ0) is 19.1. The van der Waals surface area contributed by atoms with Gasteiger partial charge in [-0.25, -0.2) is 0 Å². The molecule has 27 heavy (non-hydrogen) atoms. The number of para-hydroxylation sites is 1. The van der Waals surface area contributed by atoms with Gasteiger partial charge >= 0.3 is 0 Å². The highest BCUT2D eigenvalue weighted by atomic mass is 16.2. The molecule has 0 bridgehead atoms. The number of rotatable bonds is 2. The third-order valence-electron chi connectivity index (χ3n) is 5.25. The van der Waals surface area contributed by atoms with E-state index < -0.39 is 0 Å². The molecule has 5 heteroatoms. The van der Waals surface area contributed by atoms with Gasteiger partial charge in [-0.1, -0.05) is 24.3 Å². The molecule has 2 amide bonds. The van der Waals surface area contributed by atoms with Gasteiger partial charge < -0.3 is 9.80 Å². The van der Waals surface area contributed by atoms with Crippen LogP contribution in [0.25, 0.3) is 5.57 Å². The first kappa shape index (κ1) is 17.3. The smallest absolute Gasteiger partial charge is 0.265 e. The van der Waals surface area contributed by atoms with Gasteiger partial charge in [-0.05, 0) is 37.1 Å². The molecular formula is C22H23N3O2. The van der Waals surface area contributed by atoms with Gasteiger partial charge in [0.1, 0.15) is 0 Å². The zero-order valence-corrected chi connectivity index (χ0v) is 15.9. The molecule has 2 heterocycles. The second-order valence-electron chi connectivity index (χ2n) is 7.25. The van der Waals surface area contributed by atoms with E-state index in [1.165, 1.54) is 0 Å². The molecule has 0 aliphatic carbocycles. The summed E-state index contributed by atoms with van der Waals surface area (Å²) in [6.45, 7) is 0.973. The largest absolute Gasteiger partial charge is 0.377 e. The zero-order valence-electron chi connectivity index (χ0n) is 15.9. The molecular weight excluding hydrogens is 338 g/mol. The number of benzene rings is 2. The first-order chi connectivity index (χ1) is 13.0. The molecule has 0 unspecified atom stereocenters. The Morgan fingerprint density at radius 1 is 1.07 bits per heavy atom. The topological polar surface area (TPSA) is 43.9 Å². The minimum atomic E-state index is -0.0779. The highest BCUT2D eigenvalue weighted by molar-refractivity contribution is 6.35. The minimum Gasteiger partial charge on any atom is -0.377 e. The normalized spacial score (nSPS) is 18.9. The van der Waals surface area contributed by atoms with Crippen molar-refractivity contribution in [3.8, 4) is 0 Å². The summed E-state index contributed by atoms with van der Waals surface area (Å²) < 4.78 is 0. The van der Waals surface area contributed by atoms with Gasteiger partial charge in [0.2, 0.25) is 0 Å². The second-order valence-corrected chi connectivity index (χ2v) is 7.25. The van der Waals surface area contributed by atoms with Crippen LogP contribution in [0.1, 0.15) is 28.8 Å². The van der Waals surface area contributed by atoms with E-state index in [0.717, 1.165) is 47.6 Å². The van der Waals surface area contributed by atoms with Crippen molar-refractivity contribution in [2.24, 2.45) is 0 Å². The fraction of sp³-hybridized carbons (Fsp3) is 0.273. The molecule has 1 fully saturated rings. The fourth-order valence-corrected chi connectivity index (χ4v) is 3.91. The predicted molar refractivity (Wildman–Crippen MR) is 107 cm³/mol. The number of likely N-dealkylation sites (tertiary alicyclic amines) is 1. The summed E-state index contributed by atoms with van der Waals surface area (Å²) in [6.07, 6.45) is 1.98. The second kappa shape index (κ2) is 6.58. The molecule has 0 atom stereocenters. The molecule has 0 radical (unpaired) electrons. The van der Waals surface area contributed by atoms with Crippen LogP contribution in [-0.4, -0.2) is 49.3 Å². The van der Waals surface area contributed by atoms with Crippen LogP contribution in [-0.2, 0) is 4.79 Å². The Hall–Kier alpha value is -3.08. The van der Waals surface area contributed by atoms with Crippen molar-refractivity contribution < 1.29 is 9.59 Å². The van der Waals surface area contributed by atoms with E-state index in [1.54, 1.807) is 36.0 Å². The Bertz CT molecular complexity index is 962. The molecule has 2 aliphatic heterocycles. The molecule has 0 N–H and O–H groups in total. The van der Waals surface area contributed by atoms with Crippen molar-refractivity contribution in [1.29, 1.82) is 0 Å². The van der Waals surface area contributed by atoms with Crippen molar-refractivity contribution in [3.05, 3.63) is 65.4 Å². The maximum Gasteiger partial charge on any atom is 0.265 e. The molecule has 2 aromatic carbocycles. The van der Waals surface area contributed by atoms with Gasteiger partial charge in [-0.15, -0.1) is 0 Å². The molecule has 0 spiro atoms. The SMILES string of the molecule is CN(C)C(=O)c1cccc(N2C(=O)/C(=C3/CCCN3C)c3ccccc32)c1. The Morgan fingerprint density at radius 3 is 2.56 bits per heavy atom. The van der Waals surface area contributed by atoms with E-state index in [1.807, 2.05) is 43.4 Å². The highest BCUT2D eigenvalue weighted by Crippen LogP contribution is 2.44. The van der Waals surface area contributed by atoms with E-state index in [4.69, 9.17) is 0 Å². The van der Waals surface area contributed by atoms with Crippen LogP contribution in [0, 0.1) is 0 Å². The molecule has 1 saturated heterocycles. The summed E-state index contributed by atoms with van der Waals surface area (Å²) in [7, 11) is 5.50. The van der Waals surface area contributed by atoms with Crippen molar-refractivity contribution in [1.82, 2.24) is 9.80 Å². The lowest BCUT2D eigenvalue weighted by atomic mass is 10.0. The molecule has 2 aromatic rings. The number of hydrogen-bond donors (Lipinski definition) is 0. The van der Waals surface area contributed by atoms with Crippen LogP contribution in [0.5, 0.6) is 0 Å². The summed E-state index contributed by atoms with van der Waals surface area (Å²) in [5.74, 6) is -0.0970. The number of anilines is 2. The van der Waals surface area contributed by atoms with Crippen LogP contribution in [0.15, 0.2) is 54.2 Å². The lowest BCUT2D eigenvalue weighted by Crippen LogP contribution is -2.24. The van der Waals surface area contributed by atoms with Crippen molar-refractivity contribution in [3.63, 3.8) is 0 Å². The summed E-state index contributed by atoms with van der Waals surface area (Å²) in [5.41, 5.74) is 5.03. The lowest BCUT2D eigenvalue weighted by molar-refractivity contribution is -0.112. The first-order valence-electron chi connectivity index (χ1n) is 9.19. The lowest BCUT2D eigenvalue weighted by Gasteiger charge is -2.19. The maximum atomic E-state index is 13.5. The Labute approximate surface area is 159 Å². The third kappa shape index (κ3) is 2.79. The van der Waals surface area contributed by atoms with Crippen molar-refractivity contribution in [2.45, 2.75) is 12.8 Å². The van der Waals surface area contributed by atoms with E-state index >= 15 is 0 Å². The summed E-state index contributed by atoms with van der Waals surface area (Å²) in [6, 6.07) is 15.2. The monoisotopic (exact) mass is 361 g/mol. The number of carbonyl (C=O) groups is 2. The van der Waals surface area contributed by atoms with Gasteiger partial charge in [0, 0.05) is 44.5 Å². The van der Waals surface area contributed by atoms with E-state index in [2.05, 4.69) is 4.90 Å².